The van der Waals surface area contributed by atoms with E-state index < -0.39 is 0 Å². The molecule has 144 valence electrons. The van der Waals surface area contributed by atoms with Crippen LogP contribution in [0.2, 0.25) is 0 Å². The van der Waals surface area contributed by atoms with E-state index in [-0.39, 0.29) is 11.2 Å². The smallest absolute Gasteiger partial charge is 0.233 e. The Bertz CT molecular complexity index is 948. The van der Waals surface area contributed by atoms with Gasteiger partial charge in [0.2, 0.25) is 5.91 Å². The van der Waals surface area contributed by atoms with E-state index in [2.05, 4.69) is 51.3 Å². The van der Waals surface area contributed by atoms with Crippen molar-refractivity contribution >= 4 is 17.7 Å². The van der Waals surface area contributed by atoms with Gasteiger partial charge in [-0.15, -0.1) is 10.2 Å². The number of hydrogen-bond donors (Lipinski definition) is 1. The number of aromatic nitrogens is 3. The quantitative estimate of drug-likeness (QED) is 0.611. The summed E-state index contributed by atoms with van der Waals surface area (Å²) in [5, 5.41) is 12.4. The lowest BCUT2D eigenvalue weighted by atomic mass is 10.1. The van der Waals surface area contributed by atoms with Crippen molar-refractivity contribution in [3.63, 3.8) is 0 Å². The fourth-order valence-electron chi connectivity index (χ4n) is 3.03. The number of amides is 1. The van der Waals surface area contributed by atoms with E-state index in [1.807, 2.05) is 37.3 Å². The molecule has 1 fully saturated rings. The van der Waals surface area contributed by atoms with Gasteiger partial charge >= 0.3 is 0 Å². The van der Waals surface area contributed by atoms with Crippen LogP contribution in [-0.2, 0) is 11.3 Å². The second kappa shape index (κ2) is 8.19. The average Bonchev–Trinajstić information content (AvgIpc) is 3.48. The monoisotopic (exact) mass is 392 g/mol. The van der Waals surface area contributed by atoms with Crippen molar-refractivity contribution in [1.82, 2.24) is 20.1 Å². The van der Waals surface area contributed by atoms with Gasteiger partial charge in [0.1, 0.15) is 5.82 Å². The summed E-state index contributed by atoms with van der Waals surface area (Å²) in [6.07, 6.45) is 2.31. The Hall–Kier alpha value is -2.60. The van der Waals surface area contributed by atoms with Crippen LogP contribution in [0.3, 0.4) is 0 Å². The van der Waals surface area contributed by atoms with E-state index in [1.165, 1.54) is 17.3 Å². The highest BCUT2D eigenvalue weighted by atomic mass is 32.2. The predicted molar refractivity (Wildman–Crippen MR) is 112 cm³/mol. The van der Waals surface area contributed by atoms with E-state index in [0.29, 0.717) is 12.5 Å². The van der Waals surface area contributed by atoms with Crippen molar-refractivity contribution in [3.8, 4) is 5.69 Å². The van der Waals surface area contributed by atoms with Crippen LogP contribution in [0.15, 0.2) is 59.8 Å². The third kappa shape index (κ3) is 4.28. The Kier molecular flexibility index (Phi) is 5.48. The molecule has 3 aromatic rings. The third-order valence-corrected chi connectivity index (χ3v) is 5.90. The Morgan fingerprint density at radius 1 is 1.14 bits per heavy atom. The Balaban J connectivity index is 1.46. The van der Waals surface area contributed by atoms with E-state index in [1.54, 1.807) is 0 Å². The van der Waals surface area contributed by atoms with Gasteiger partial charge in [-0.3, -0.25) is 9.36 Å². The molecule has 1 amide bonds. The van der Waals surface area contributed by atoms with Crippen LogP contribution in [0.1, 0.15) is 42.6 Å². The standard InChI is InChI=1S/C22H24N4OS/c1-15-8-10-17(11-9-15)14-23-21(27)16(2)28-22-25-24-20(18-12-13-18)26(22)19-6-4-3-5-7-19/h3-11,16,18H,12-14H2,1-2H3,(H,23,27)/t16-/m0/s1. The van der Waals surface area contributed by atoms with Crippen LogP contribution in [0, 0.1) is 6.92 Å². The van der Waals surface area contributed by atoms with Gasteiger partial charge in [-0.05, 0) is 44.4 Å². The number of nitrogens with one attached hydrogen (secondary N) is 1. The van der Waals surface area contributed by atoms with E-state index in [9.17, 15) is 4.79 Å². The molecule has 1 heterocycles. The maximum atomic E-state index is 12.6. The number of thioether (sulfide) groups is 1. The number of rotatable bonds is 7. The molecule has 28 heavy (non-hydrogen) atoms. The molecule has 4 rings (SSSR count). The van der Waals surface area contributed by atoms with Crippen LogP contribution in [0.25, 0.3) is 5.69 Å². The second-order valence-corrected chi connectivity index (χ2v) is 8.56. The zero-order valence-electron chi connectivity index (χ0n) is 16.1. The van der Waals surface area contributed by atoms with E-state index in [0.717, 1.165) is 35.1 Å². The maximum absolute atomic E-state index is 12.6. The van der Waals surface area contributed by atoms with Crippen molar-refractivity contribution in [2.75, 3.05) is 0 Å². The fourth-order valence-corrected chi connectivity index (χ4v) is 3.93. The zero-order chi connectivity index (χ0) is 19.5. The van der Waals surface area contributed by atoms with Gasteiger partial charge < -0.3 is 5.32 Å². The topological polar surface area (TPSA) is 59.8 Å². The molecule has 1 aliphatic rings. The van der Waals surface area contributed by atoms with Crippen molar-refractivity contribution < 1.29 is 4.79 Å². The molecule has 0 bridgehead atoms. The minimum Gasteiger partial charge on any atom is -0.351 e. The molecule has 0 aliphatic heterocycles. The number of nitrogens with zero attached hydrogens (tertiary/aromatic N) is 3. The lowest BCUT2D eigenvalue weighted by molar-refractivity contribution is -0.120. The normalized spacial score (nSPS) is 14.6. The minimum absolute atomic E-state index is 0.00107. The highest BCUT2D eigenvalue weighted by Gasteiger charge is 2.31. The fraction of sp³-hybridized carbons (Fsp3) is 0.318. The average molecular weight is 393 g/mol. The zero-order valence-corrected chi connectivity index (χ0v) is 16.9. The SMILES string of the molecule is Cc1ccc(CNC(=O)[C@H](C)Sc2nnc(C3CC3)n2-c2ccccc2)cc1. The van der Waals surface area contributed by atoms with Gasteiger partial charge in [-0.1, -0.05) is 59.8 Å². The molecular weight excluding hydrogens is 368 g/mol. The van der Waals surface area contributed by atoms with Gasteiger partial charge in [-0.25, -0.2) is 0 Å². The number of para-hydroxylation sites is 1. The number of hydrogen-bond acceptors (Lipinski definition) is 4. The highest BCUT2D eigenvalue weighted by Crippen LogP contribution is 2.41. The molecule has 0 radical (unpaired) electrons. The molecule has 6 heteroatoms. The summed E-state index contributed by atoms with van der Waals surface area (Å²) in [6.45, 7) is 4.50. The molecule has 2 aromatic carbocycles. The van der Waals surface area contributed by atoms with Gasteiger partial charge in [-0.2, -0.15) is 0 Å². The van der Waals surface area contributed by atoms with Gasteiger partial charge in [0.15, 0.2) is 5.16 Å². The molecule has 0 saturated heterocycles. The Morgan fingerprint density at radius 2 is 1.86 bits per heavy atom. The molecule has 1 N–H and O–H groups in total. The largest absolute Gasteiger partial charge is 0.351 e. The van der Waals surface area contributed by atoms with Crippen molar-refractivity contribution in [3.05, 3.63) is 71.5 Å². The Labute approximate surface area is 169 Å². The van der Waals surface area contributed by atoms with E-state index in [4.69, 9.17) is 0 Å². The van der Waals surface area contributed by atoms with Crippen molar-refractivity contribution in [1.29, 1.82) is 0 Å². The first-order valence-electron chi connectivity index (χ1n) is 9.62. The van der Waals surface area contributed by atoms with Crippen LogP contribution >= 0.6 is 11.8 Å². The minimum atomic E-state index is -0.260. The molecule has 1 atom stereocenters. The van der Waals surface area contributed by atoms with Crippen molar-refractivity contribution in [2.45, 2.75) is 49.6 Å². The first-order valence-corrected chi connectivity index (χ1v) is 10.5. The molecule has 1 aliphatic carbocycles. The molecule has 5 nitrogen and oxygen atoms in total. The molecule has 1 aromatic heterocycles. The summed E-state index contributed by atoms with van der Waals surface area (Å²) >= 11 is 1.45. The summed E-state index contributed by atoms with van der Waals surface area (Å²) in [7, 11) is 0. The summed E-state index contributed by atoms with van der Waals surface area (Å²) in [5.41, 5.74) is 3.36. The summed E-state index contributed by atoms with van der Waals surface area (Å²) in [5.74, 6) is 1.48. The molecule has 1 saturated carbocycles. The van der Waals surface area contributed by atoms with E-state index >= 15 is 0 Å². The van der Waals surface area contributed by atoms with Gasteiger partial charge in [0, 0.05) is 18.2 Å². The Morgan fingerprint density at radius 3 is 2.54 bits per heavy atom. The number of carbonyl (C=O) groups is 1. The van der Waals surface area contributed by atoms with Crippen molar-refractivity contribution in [2.24, 2.45) is 0 Å². The van der Waals surface area contributed by atoms with Crippen LogP contribution < -0.4 is 5.32 Å². The first-order chi connectivity index (χ1) is 13.6. The molecule has 0 spiro atoms. The number of aryl methyl sites for hydroxylation is 1. The van der Waals surface area contributed by atoms with Gasteiger partial charge in [0.05, 0.1) is 5.25 Å². The lowest BCUT2D eigenvalue weighted by Gasteiger charge is -2.14. The van der Waals surface area contributed by atoms with Gasteiger partial charge in [0.25, 0.3) is 0 Å². The predicted octanol–water partition coefficient (Wildman–Crippen LogP) is 4.25. The van der Waals surface area contributed by atoms with Crippen LogP contribution in [-0.4, -0.2) is 25.9 Å². The summed E-state index contributed by atoms with van der Waals surface area (Å²) in [6, 6.07) is 18.3. The summed E-state index contributed by atoms with van der Waals surface area (Å²) in [4.78, 5) is 12.6. The first kappa shape index (κ1) is 18.7. The van der Waals surface area contributed by atoms with Crippen LogP contribution in [0.5, 0.6) is 0 Å². The molecule has 0 unspecified atom stereocenters. The highest BCUT2D eigenvalue weighted by molar-refractivity contribution is 8.00. The summed E-state index contributed by atoms with van der Waals surface area (Å²) < 4.78 is 2.10. The maximum Gasteiger partial charge on any atom is 0.233 e. The lowest BCUT2D eigenvalue weighted by Crippen LogP contribution is -2.30. The van der Waals surface area contributed by atoms with Crippen LogP contribution in [0.4, 0.5) is 0 Å². The number of benzene rings is 2. The third-order valence-electron chi connectivity index (χ3n) is 4.85. The second-order valence-electron chi connectivity index (χ2n) is 7.25. The number of carbonyl (C=O) groups excluding carboxylic acids is 1. The molecular formula is C22H24N4OS.